The fourth-order valence-corrected chi connectivity index (χ4v) is 2.60. The minimum atomic E-state index is -0.179. The molecule has 0 amide bonds. The van der Waals surface area contributed by atoms with E-state index in [1.165, 1.54) is 0 Å². The van der Waals surface area contributed by atoms with Crippen LogP contribution in [0, 0.1) is 11.7 Å². The van der Waals surface area contributed by atoms with Gasteiger partial charge in [-0.15, -0.1) is 0 Å². The molecular formula is C15H23FN2O. The summed E-state index contributed by atoms with van der Waals surface area (Å²) < 4.78 is 14.1. The number of benzene rings is 1. The number of hydrogen-bond donors (Lipinski definition) is 2. The van der Waals surface area contributed by atoms with E-state index in [-0.39, 0.29) is 18.0 Å². The first-order valence-corrected chi connectivity index (χ1v) is 6.87. The van der Waals surface area contributed by atoms with Crippen molar-refractivity contribution in [3.8, 4) is 0 Å². The molecule has 1 aliphatic rings. The molecule has 19 heavy (non-hydrogen) atoms. The van der Waals surface area contributed by atoms with Gasteiger partial charge < -0.3 is 15.3 Å². The summed E-state index contributed by atoms with van der Waals surface area (Å²) in [6.45, 7) is 2.81. The average Bonchev–Trinajstić information content (AvgIpc) is 2.35. The molecule has 2 rings (SSSR count). The van der Waals surface area contributed by atoms with Crippen molar-refractivity contribution < 1.29 is 9.50 Å². The SMILES string of the molecule is CNC(C)c1ccc(N(C)CC2CC(O)C2)c(F)c1. The van der Waals surface area contributed by atoms with Gasteiger partial charge in [0.05, 0.1) is 11.8 Å². The molecule has 1 unspecified atom stereocenters. The van der Waals surface area contributed by atoms with Crippen molar-refractivity contribution in [3.63, 3.8) is 0 Å². The van der Waals surface area contributed by atoms with Crippen LogP contribution < -0.4 is 10.2 Å². The molecular weight excluding hydrogens is 243 g/mol. The maximum atomic E-state index is 14.1. The summed E-state index contributed by atoms with van der Waals surface area (Å²) in [6.07, 6.45) is 1.52. The Hall–Kier alpha value is -1.13. The van der Waals surface area contributed by atoms with Crippen LogP contribution >= 0.6 is 0 Å². The summed E-state index contributed by atoms with van der Waals surface area (Å²) in [5.74, 6) is 0.303. The van der Waals surface area contributed by atoms with E-state index < -0.39 is 0 Å². The molecule has 0 radical (unpaired) electrons. The number of nitrogens with one attached hydrogen (secondary N) is 1. The summed E-state index contributed by atoms with van der Waals surface area (Å²) in [7, 11) is 3.77. The lowest BCUT2D eigenvalue weighted by Gasteiger charge is -2.35. The van der Waals surface area contributed by atoms with E-state index in [0.29, 0.717) is 11.6 Å². The van der Waals surface area contributed by atoms with E-state index in [9.17, 15) is 9.50 Å². The van der Waals surface area contributed by atoms with Gasteiger partial charge in [-0.3, -0.25) is 0 Å². The van der Waals surface area contributed by atoms with Crippen LogP contribution in [0.25, 0.3) is 0 Å². The van der Waals surface area contributed by atoms with Gasteiger partial charge in [0.1, 0.15) is 5.82 Å². The molecule has 0 saturated heterocycles. The average molecular weight is 266 g/mol. The van der Waals surface area contributed by atoms with Gasteiger partial charge in [-0.1, -0.05) is 6.07 Å². The zero-order chi connectivity index (χ0) is 14.0. The summed E-state index contributed by atoms with van der Waals surface area (Å²) in [5, 5.41) is 12.4. The lowest BCUT2D eigenvalue weighted by Crippen LogP contribution is -2.37. The van der Waals surface area contributed by atoms with Gasteiger partial charge in [0.25, 0.3) is 0 Å². The Kier molecular flexibility index (Phi) is 4.42. The van der Waals surface area contributed by atoms with Crippen LogP contribution in [0.1, 0.15) is 31.4 Å². The van der Waals surface area contributed by atoms with Crippen LogP contribution in [0.3, 0.4) is 0 Å². The van der Waals surface area contributed by atoms with E-state index in [2.05, 4.69) is 5.32 Å². The second-order valence-electron chi connectivity index (χ2n) is 5.59. The Morgan fingerprint density at radius 1 is 1.47 bits per heavy atom. The predicted octanol–water partition coefficient (Wildman–Crippen LogP) is 2.31. The second-order valence-corrected chi connectivity index (χ2v) is 5.59. The first kappa shape index (κ1) is 14.3. The number of halogens is 1. The molecule has 2 N–H and O–H groups in total. The van der Waals surface area contributed by atoms with Crippen LogP contribution in [0.15, 0.2) is 18.2 Å². The topological polar surface area (TPSA) is 35.5 Å². The normalized spacial score (nSPS) is 23.8. The molecule has 1 aromatic rings. The zero-order valence-electron chi connectivity index (χ0n) is 11.9. The van der Waals surface area contributed by atoms with Crippen molar-refractivity contribution in [2.45, 2.75) is 31.9 Å². The minimum absolute atomic E-state index is 0.149. The molecule has 0 bridgehead atoms. The van der Waals surface area contributed by atoms with Crippen LogP contribution in [-0.4, -0.2) is 31.9 Å². The summed E-state index contributed by atoms with van der Waals surface area (Å²) >= 11 is 0. The van der Waals surface area contributed by atoms with Crippen molar-refractivity contribution >= 4 is 5.69 Å². The van der Waals surface area contributed by atoms with Crippen molar-refractivity contribution in [3.05, 3.63) is 29.6 Å². The Bertz CT molecular complexity index is 432. The first-order chi connectivity index (χ1) is 9.01. The van der Waals surface area contributed by atoms with E-state index in [4.69, 9.17) is 0 Å². The predicted molar refractivity (Wildman–Crippen MR) is 75.9 cm³/mol. The number of anilines is 1. The molecule has 1 aromatic carbocycles. The standard InChI is InChI=1S/C15H23FN2O/c1-10(17-2)12-4-5-15(14(16)8-12)18(3)9-11-6-13(19)7-11/h4-5,8,10-11,13,17,19H,6-7,9H2,1-3H3. The third-order valence-corrected chi connectivity index (χ3v) is 4.06. The summed E-state index contributed by atoms with van der Waals surface area (Å²) in [5.41, 5.74) is 1.59. The second kappa shape index (κ2) is 5.88. The highest BCUT2D eigenvalue weighted by Gasteiger charge is 2.28. The third kappa shape index (κ3) is 3.25. The smallest absolute Gasteiger partial charge is 0.146 e. The van der Waals surface area contributed by atoms with E-state index in [1.54, 1.807) is 6.07 Å². The van der Waals surface area contributed by atoms with Crippen molar-refractivity contribution in [1.82, 2.24) is 5.32 Å². The molecule has 1 saturated carbocycles. The van der Waals surface area contributed by atoms with E-state index >= 15 is 0 Å². The Labute approximate surface area is 114 Å². The maximum Gasteiger partial charge on any atom is 0.146 e. The molecule has 0 aromatic heterocycles. The molecule has 0 aliphatic heterocycles. The number of rotatable bonds is 5. The number of hydrogen-bond acceptors (Lipinski definition) is 3. The molecule has 0 heterocycles. The highest BCUT2D eigenvalue weighted by molar-refractivity contribution is 5.49. The highest BCUT2D eigenvalue weighted by atomic mass is 19.1. The van der Waals surface area contributed by atoms with Crippen LogP contribution in [0.2, 0.25) is 0 Å². The lowest BCUT2D eigenvalue weighted by molar-refractivity contribution is 0.0464. The number of nitrogens with zero attached hydrogens (tertiary/aromatic N) is 1. The molecule has 1 atom stereocenters. The molecule has 1 fully saturated rings. The van der Waals surface area contributed by atoms with Crippen molar-refractivity contribution in [2.75, 3.05) is 25.5 Å². The van der Waals surface area contributed by atoms with Gasteiger partial charge in [0.15, 0.2) is 0 Å². The summed E-state index contributed by atoms with van der Waals surface area (Å²) in [6, 6.07) is 5.55. The monoisotopic (exact) mass is 266 g/mol. The third-order valence-electron chi connectivity index (χ3n) is 4.06. The van der Waals surface area contributed by atoms with Gasteiger partial charge in [-0.2, -0.15) is 0 Å². The Morgan fingerprint density at radius 2 is 2.16 bits per heavy atom. The van der Waals surface area contributed by atoms with Crippen LogP contribution in [0.5, 0.6) is 0 Å². The Balaban J connectivity index is 2.03. The minimum Gasteiger partial charge on any atom is -0.393 e. The molecule has 1 aliphatic carbocycles. The quantitative estimate of drug-likeness (QED) is 0.858. The molecule has 3 nitrogen and oxygen atoms in total. The maximum absolute atomic E-state index is 14.1. The molecule has 0 spiro atoms. The highest BCUT2D eigenvalue weighted by Crippen LogP contribution is 2.30. The number of aliphatic hydroxyl groups excluding tert-OH is 1. The van der Waals surface area contributed by atoms with E-state index in [0.717, 1.165) is 24.9 Å². The Morgan fingerprint density at radius 3 is 2.68 bits per heavy atom. The van der Waals surface area contributed by atoms with Gasteiger partial charge in [0, 0.05) is 19.6 Å². The summed E-state index contributed by atoms with van der Waals surface area (Å²) in [4.78, 5) is 1.94. The molecule has 106 valence electrons. The van der Waals surface area contributed by atoms with Gasteiger partial charge in [-0.05, 0) is 50.4 Å². The fraction of sp³-hybridized carbons (Fsp3) is 0.600. The largest absolute Gasteiger partial charge is 0.393 e. The van der Waals surface area contributed by atoms with Crippen LogP contribution in [0.4, 0.5) is 10.1 Å². The lowest BCUT2D eigenvalue weighted by atomic mass is 9.82. The zero-order valence-corrected chi connectivity index (χ0v) is 11.9. The van der Waals surface area contributed by atoms with Crippen LogP contribution in [-0.2, 0) is 0 Å². The van der Waals surface area contributed by atoms with Gasteiger partial charge in [-0.25, -0.2) is 4.39 Å². The van der Waals surface area contributed by atoms with Crippen molar-refractivity contribution in [1.29, 1.82) is 0 Å². The first-order valence-electron chi connectivity index (χ1n) is 6.87. The number of aliphatic hydroxyl groups is 1. The van der Waals surface area contributed by atoms with Crippen molar-refractivity contribution in [2.24, 2.45) is 5.92 Å². The van der Waals surface area contributed by atoms with Gasteiger partial charge in [0.2, 0.25) is 0 Å². The van der Waals surface area contributed by atoms with E-state index in [1.807, 2.05) is 38.1 Å². The fourth-order valence-electron chi connectivity index (χ4n) is 2.60. The van der Waals surface area contributed by atoms with Gasteiger partial charge >= 0.3 is 0 Å². The molecule has 4 heteroatoms.